The van der Waals surface area contributed by atoms with Gasteiger partial charge in [-0.15, -0.1) is 11.3 Å². The SMILES string of the molecule is COc1ccc(S(=O)(=O)Nc2nc(-c3cccc(N)c3)cs2)cc1OC. The molecular weight excluding hydrogens is 374 g/mol. The van der Waals surface area contributed by atoms with Gasteiger partial charge in [-0.05, 0) is 24.3 Å². The molecule has 1 heterocycles. The van der Waals surface area contributed by atoms with Crippen LogP contribution in [0, 0.1) is 0 Å². The van der Waals surface area contributed by atoms with Crippen molar-refractivity contribution in [1.82, 2.24) is 4.98 Å². The minimum Gasteiger partial charge on any atom is -0.493 e. The molecule has 0 bridgehead atoms. The molecule has 0 fully saturated rings. The Morgan fingerprint density at radius 2 is 1.85 bits per heavy atom. The first kappa shape index (κ1) is 18.0. The van der Waals surface area contributed by atoms with Gasteiger partial charge in [0.1, 0.15) is 0 Å². The van der Waals surface area contributed by atoms with Crippen molar-refractivity contribution in [3.63, 3.8) is 0 Å². The van der Waals surface area contributed by atoms with Gasteiger partial charge in [0.05, 0.1) is 24.8 Å². The molecule has 3 rings (SSSR count). The van der Waals surface area contributed by atoms with Gasteiger partial charge in [0.15, 0.2) is 16.6 Å². The third kappa shape index (κ3) is 3.73. The average molecular weight is 391 g/mol. The second-order valence-corrected chi connectivity index (χ2v) is 7.83. The van der Waals surface area contributed by atoms with Gasteiger partial charge >= 0.3 is 0 Å². The molecule has 0 atom stereocenters. The van der Waals surface area contributed by atoms with Crippen molar-refractivity contribution in [2.45, 2.75) is 4.90 Å². The highest BCUT2D eigenvalue weighted by Gasteiger charge is 2.19. The Morgan fingerprint density at radius 3 is 2.54 bits per heavy atom. The molecule has 136 valence electrons. The van der Waals surface area contributed by atoms with E-state index >= 15 is 0 Å². The number of nitrogens with one attached hydrogen (secondary N) is 1. The van der Waals surface area contributed by atoms with Crippen molar-refractivity contribution in [3.05, 3.63) is 47.8 Å². The molecule has 0 spiro atoms. The monoisotopic (exact) mass is 391 g/mol. The highest BCUT2D eigenvalue weighted by atomic mass is 32.2. The molecule has 0 saturated heterocycles. The number of benzene rings is 2. The number of methoxy groups -OCH3 is 2. The lowest BCUT2D eigenvalue weighted by Gasteiger charge is -2.10. The molecule has 0 saturated carbocycles. The second kappa shape index (κ2) is 7.22. The summed E-state index contributed by atoms with van der Waals surface area (Å²) < 4.78 is 38.0. The molecule has 3 aromatic rings. The summed E-state index contributed by atoms with van der Waals surface area (Å²) in [5.74, 6) is 0.777. The molecule has 26 heavy (non-hydrogen) atoms. The highest BCUT2D eigenvalue weighted by molar-refractivity contribution is 7.93. The fraction of sp³-hybridized carbons (Fsp3) is 0.118. The number of anilines is 2. The quantitative estimate of drug-likeness (QED) is 0.626. The summed E-state index contributed by atoms with van der Waals surface area (Å²) in [6.45, 7) is 0. The number of aromatic nitrogens is 1. The van der Waals surface area contributed by atoms with E-state index < -0.39 is 10.0 Å². The number of hydrogen-bond donors (Lipinski definition) is 2. The first-order valence-electron chi connectivity index (χ1n) is 7.49. The Labute approximate surface area is 155 Å². The van der Waals surface area contributed by atoms with Crippen LogP contribution in [0.3, 0.4) is 0 Å². The summed E-state index contributed by atoms with van der Waals surface area (Å²) in [5.41, 5.74) is 7.85. The summed E-state index contributed by atoms with van der Waals surface area (Å²) in [6, 6.07) is 11.6. The predicted molar refractivity (Wildman–Crippen MR) is 102 cm³/mol. The fourth-order valence-corrected chi connectivity index (χ4v) is 4.30. The van der Waals surface area contributed by atoms with Crippen LogP contribution >= 0.6 is 11.3 Å². The lowest BCUT2D eigenvalue weighted by atomic mass is 10.1. The van der Waals surface area contributed by atoms with E-state index in [0.29, 0.717) is 22.9 Å². The first-order chi connectivity index (χ1) is 12.4. The average Bonchev–Trinajstić information content (AvgIpc) is 3.09. The van der Waals surface area contributed by atoms with Gasteiger partial charge in [-0.1, -0.05) is 12.1 Å². The molecular formula is C17H17N3O4S2. The first-order valence-corrected chi connectivity index (χ1v) is 9.85. The summed E-state index contributed by atoms with van der Waals surface area (Å²) >= 11 is 1.19. The van der Waals surface area contributed by atoms with Crippen LogP contribution in [0.5, 0.6) is 11.5 Å². The number of ether oxygens (including phenoxy) is 2. The Kier molecular flexibility index (Phi) is 5.01. The van der Waals surface area contributed by atoms with Crippen LogP contribution in [-0.4, -0.2) is 27.6 Å². The minimum absolute atomic E-state index is 0.0517. The van der Waals surface area contributed by atoms with E-state index in [1.165, 1.54) is 43.8 Å². The molecule has 0 aliphatic heterocycles. The predicted octanol–water partition coefficient (Wildman–Crippen LogP) is 3.21. The van der Waals surface area contributed by atoms with Gasteiger partial charge in [-0.3, -0.25) is 4.72 Å². The maximum absolute atomic E-state index is 12.6. The maximum atomic E-state index is 12.6. The van der Waals surface area contributed by atoms with Crippen molar-refractivity contribution >= 4 is 32.2 Å². The van der Waals surface area contributed by atoms with E-state index in [-0.39, 0.29) is 10.0 Å². The highest BCUT2D eigenvalue weighted by Crippen LogP contribution is 2.31. The fourth-order valence-electron chi connectivity index (χ4n) is 2.31. The molecule has 0 amide bonds. The molecule has 3 N–H and O–H groups in total. The van der Waals surface area contributed by atoms with Gasteiger partial charge < -0.3 is 15.2 Å². The minimum atomic E-state index is -3.81. The smallest absolute Gasteiger partial charge is 0.263 e. The second-order valence-electron chi connectivity index (χ2n) is 5.29. The Hall–Kier alpha value is -2.78. The largest absolute Gasteiger partial charge is 0.493 e. The lowest BCUT2D eigenvalue weighted by Crippen LogP contribution is -2.13. The van der Waals surface area contributed by atoms with Crippen LogP contribution < -0.4 is 19.9 Å². The molecule has 1 aromatic heterocycles. The van der Waals surface area contributed by atoms with Crippen molar-refractivity contribution in [2.24, 2.45) is 0 Å². The van der Waals surface area contributed by atoms with Gasteiger partial charge in [0, 0.05) is 22.7 Å². The molecule has 0 aliphatic rings. The number of rotatable bonds is 6. The van der Waals surface area contributed by atoms with Gasteiger partial charge in [-0.2, -0.15) is 0 Å². The van der Waals surface area contributed by atoms with Crippen LogP contribution in [0.1, 0.15) is 0 Å². The Morgan fingerprint density at radius 1 is 1.08 bits per heavy atom. The van der Waals surface area contributed by atoms with E-state index in [9.17, 15) is 8.42 Å². The zero-order valence-corrected chi connectivity index (χ0v) is 15.7. The Bertz CT molecular complexity index is 1030. The summed E-state index contributed by atoms with van der Waals surface area (Å²) in [7, 11) is -0.882. The number of nitrogens with zero attached hydrogens (tertiary/aromatic N) is 1. The van der Waals surface area contributed by atoms with Crippen LogP contribution in [0.25, 0.3) is 11.3 Å². The van der Waals surface area contributed by atoms with Crippen LogP contribution in [0.4, 0.5) is 10.8 Å². The van der Waals surface area contributed by atoms with E-state index in [4.69, 9.17) is 15.2 Å². The van der Waals surface area contributed by atoms with Crippen LogP contribution in [-0.2, 0) is 10.0 Å². The summed E-state index contributed by atoms with van der Waals surface area (Å²) in [4.78, 5) is 4.38. The summed E-state index contributed by atoms with van der Waals surface area (Å²) in [5, 5.41) is 2.03. The van der Waals surface area contributed by atoms with Crippen molar-refractivity contribution < 1.29 is 17.9 Å². The maximum Gasteiger partial charge on any atom is 0.263 e. The number of hydrogen-bond acceptors (Lipinski definition) is 7. The van der Waals surface area contributed by atoms with E-state index in [2.05, 4.69) is 9.71 Å². The summed E-state index contributed by atoms with van der Waals surface area (Å²) in [6.07, 6.45) is 0. The van der Waals surface area contributed by atoms with Gasteiger partial charge in [-0.25, -0.2) is 13.4 Å². The number of sulfonamides is 1. The number of nitrogens with two attached hydrogens (primary N) is 1. The van der Waals surface area contributed by atoms with Crippen LogP contribution in [0.15, 0.2) is 52.7 Å². The number of nitrogen functional groups attached to an aromatic ring is 1. The zero-order chi connectivity index (χ0) is 18.7. The molecule has 0 aliphatic carbocycles. The molecule has 7 nitrogen and oxygen atoms in total. The molecule has 0 unspecified atom stereocenters. The normalized spacial score (nSPS) is 11.2. The molecule has 0 radical (unpaired) electrons. The van der Waals surface area contributed by atoms with Gasteiger partial charge in [0.25, 0.3) is 10.0 Å². The van der Waals surface area contributed by atoms with Crippen LogP contribution in [0.2, 0.25) is 0 Å². The third-order valence-corrected chi connectivity index (χ3v) is 5.80. The standard InChI is InChI=1S/C17H17N3O4S2/c1-23-15-7-6-13(9-16(15)24-2)26(21,22)20-17-19-14(10-25-17)11-4-3-5-12(18)8-11/h3-10H,18H2,1-2H3,(H,19,20). The molecule has 2 aromatic carbocycles. The molecule has 9 heteroatoms. The van der Waals surface area contributed by atoms with Crippen molar-refractivity contribution in [2.75, 3.05) is 24.7 Å². The van der Waals surface area contributed by atoms with E-state index in [0.717, 1.165) is 5.56 Å². The lowest BCUT2D eigenvalue weighted by molar-refractivity contribution is 0.354. The Balaban J connectivity index is 1.86. The third-order valence-electron chi connectivity index (χ3n) is 3.57. The van der Waals surface area contributed by atoms with E-state index in [1.807, 2.05) is 12.1 Å². The number of thiazole rings is 1. The zero-order valence-electron chi connectivity index (χ0n) is 14.1. The van der Waals surface area contributed by atoms with Crippen molar-refractivity contribution in [3.8, 4) is 22.8 Å². The topological polar surface area (TPSA) is 104 Å². The van der Waals surface area contributed by atoms with E-state index in [1.54, 1.807) is 17.5 Å². The van der Waals surface area contributed by atoms with Crippen molar-refractivity contribution in [1.29, 1.82) is 0 Å². The van der Waals surface area contributed by atoms with Gasteiger partial charge in [0.2, 0.25) is 0 Å².